The molecule has 2 aromatic rings. The normalized spacial score (nSPS) is 21.2. The van der Waals surface area contributed by atoms with E-state index in [1.807, 2.05) is 38.1 Å². The van der Waals surface area contributed by atoms with Gasteiger partial charge in [-0.3, -0.25) is 9.78 Å². The molecular weight excluding hydrogens is 298 g/mol. The largest absolute Gasteiger partial charge is 0.372 e. The van der Waals surface area contributed by atoms with Crippen LogP contribution in [0.1, 0.15) is 24.5 Å². The van der Waals surface area contributed by atoms with Gasteiger partial charge in [-0.1, -0.05) is 12.1 Å². The number of aromatic amines is 2. The maximum Gasteiger partial charge on any atom is 0.341 e. The Labute approximate surface area is 132 Å². The number of hydrogen-bond donors (Lipinski definition) is 3. The van der Waals surface area contributed by atoms with Crippen LogP contribution in [0.25, 0.3) is 0 Å². The summed E-state index contributed by atoms with van der Waals surface area (Å²) in [4.78, 5) is 27.8. The Bertz CT molecular complexity index is 743. The highest BCUT2D eigenvalue weighted by Crippen LogP contribution is 2.28. The van der Waals surface area contributed by atoms with E-state index in [0.717, 1.165) is 18.8 Å². The molecule has 1 aromatic heterocycles. The van der Waals surface area contributed by atoms with Crippen LogP contribution in [0, 0.1) is 0 Å². The highest BCUT2D eigenvalue weighted by molar-refractivity contribution is 6.03. The zero-order chi connectivity index (χ0) is 16.4. The first-order valence-corrected chi connectivity index (χ1v) is 7.48. The average molecular weight is 317 g/mol. The lowest BCUT2D eigenvalue weighted by Gasteiger charge is -2.37. The Morgan fingerprint density at radius 3 is 2.65 bits per heavy atom. The third kappa shape index (κ3) is 3.42. The van der Waals surface area contributed by atoms with Crippen LogP contribution in [-0.2, 0) is 4.74 Å². The van der Waals surface area contributed by atoms with E-state index in [1.54, 1.807) is 0 Å². The number of nitrogens with one attached hydrogen (secondary N) is 3. The van der Waals surface area contributed by atoms with Crippen LogP contribution in [0.3, 0.4) is 0 Å². The summed E-state index contributed by atoms with van der Waals surface area (Å²) in [6.07, 6.45) is 0.232. The summed E-state index contributed by atoms with van der Waals surface area (Å²) in [5, 5.41) is 8.61. The van der Waals surface area contributed by atoms with Crippen LogP contribution < -0.4 is 15.9 Å². The van der Waals surface area contributed by atoms with Crippen molar-refractivity contribution in [3.8, 4) is 0 Å². The Kier molecular flexibility index (Phi) is 4.16. The maximum absolute atomic E-state index is 12.2. The number of morpholine rings is 1. The molecule has 0 spiro atoms. The number of anilines is 2. The number of benzene rings is 1. The number of rotatable bonds is 3. The van der Waals surface area contributed by atoms with Gasteiger partial charge in [0.25, 0.3) is 5.91 Å². The third-order valence-electron chi connectivity index (χ3n) is 3.63. The molecule has 1 amide bonds. The summed E-state index contributed by atoms with van der Waals surface area (Å²) >= 11 is 0. The van der Waals surface area contributed by atoms with Gasteiger partial charge in [0.2, 0.25) is 5.82 Å². The Morgan fingerprint density at radius 2 is 2.00 bits per heavy atom. The first-order valence-electron chi connectivity index (χ1n) is 7.48. The van der Waals surface area contributed by atoms with Gasteiger partial charge in [-0.25, -0.2) is 9.89 Å². The SMILES string of the molecule is C[C@H]1CN(c2ccccc2NC(=O)c2n[nH]c(=O)[nH]2)C[C@H](C)O1. The van der Waals surface area contributed by atoms with E-state index in [1.165, 1.54) is 0 Å². The second-order valence-corrected chi connectivity index (χ2v) is 5.66. The first kappa shape index (κ1) is 15.3. The monoisotopic (exact) mass is 317 g/mol. The minimum absolute atomic E-state index is 0.0477. The number of carbonyl (C=O) groups is 1. The van der Waals surface area contributed by atoms with Crippen molar-refractivity contribution in [2.24, 2.45) is 0 Å². The number of nitrogens with zero attached hydrogens (tertiary/aromatic N) is 2. The summed E-state index contributed by atoms with van der Waals surface area (Å²) < 4.78 is 5.75. The summed E-state index contributed by atoms with van der Waals surface area (Å²) in [5.74, 6) is -0.515. The van der Waals surface area contributed by atoms with E-state index in [-0.39, 0.29) is 18.0 Å². The van der Waals surface area contributed by atoms with Gasteiger partial charge in [-0.15, -0.1) is 5.10 Å². The van der Waals surface area contributed by atoms with Gasteiger partial charge in [0.1, 0.15) is 0 Å². The molecule has 1 fully saturated rings. The zero-order valence-corrected chi connectivity index (χ0v) is 13.0. The fourth-order valence-electron chi connectivity index (χ4n) is 2.79. The van der Waals surface area contributed by atoms with Gasteiger partial charge in [0, 0.05) is 13.1 Å². The van der Waals surface area contributed by atoms with Crippen LogP contribution in [0.4, 0.5) is 11.4 Å². The molecule has 1 aliphatic heterocycles. The number of carbonyl (C=O) groups excluding carboxylic acids is 1. The minimum atomic E-state index is -0.515. The molecule has 23 heavy (non-hydrogen) atoms. The van der Waals surface area contributed by atoms with Crippen molar-refractivity contribution in [3.05, 3.63) is 40.6 Å². The first-order chi connectivity index (χ1) is 11.0. The summed E-state index contributed by atoms with van der Waals surface area (Å²) in [5.41, 5.74) is 1.07. The number of amides is 1. The number of H-pyrrole nitrogens is 2. The Balaban J connectivity index is 1.83. The maximum atomic E-state index is 12.2. The summed E-state index contributed by atoms with van der Waals surface area (Å²) in [7, 11) is 0. The molecule has 122 valence electrons. The molecule has 1 aliphatic rings. The highest BCUT2D eigenvalue weighted by Gasteiger charge is 2.24. The minimum Gasteiger partial charge on any atom is -0.372 e. The lowest BCUT2D eigenvalue weighted by atomic mass is 10.1. The number of ether oxygens (including phenoxy) is 1. The van der Waals surface area contributed by atoms with E-state index in [9.17, 15) is 9.59 Å². The van der Waals surface area contributed by atoms with Gasteiger partial charge < -0.3 is 15.0 Å². The van der Waals surface area contributed by atoms with Gasteiger partial charge in [-0.2, -0.15) is 0 Å². The van der Waals surface area contributed by atoms with Crippen molar-refractivity contribution >= 4 is 17.3 Å². The average Bonchev–Trinajstić information content (AvgIpc) is 2.93. The molecule has 2 heterocycles. The Morgan fingerprint density at radius 1 is 1.30 bits per heavy atom. The van der Waals surface area contributed by atoms with Crippen LogP contribution in [-0.4, -0.2) is 46.4 Å². The van der Waals surface area contributed by atoms with Crippen molar-refractivity contribution in [1.29, 1.82) is 0 Å². The van der Waals surface area contributed by atoms with E-state index < -0.39 is 11.6 Å². The zero-order valence-electron chi connectivity index (χ0n) is 13.0. The molecule has 0 radical (unpaired) electrons. The molecule has 3 N–H and O–H groups in total. The predicted molar refractivity (Wildman–Crippen MR) is 85.8 cm³/mol. The summed E-state index contributed by atoms with van der Waals surface area (Å²) in [6, 6.07) is 7.54. The topological polar surface area (TPSA) is 103 Å². The predicted octanol–water partition coefficient (Wildman–Crippen LogP) is 0.964. The van der Waals surface area contributed by atoms with Crippen molar-refractivity contribution in [2.45, 2.75) is 26.1 Å². The van der Waals surface area contributed by atoms with Gasteiger partial charge >= 0.3 is 5.69 Å². The van der Waals surface area contributed by atoms with Crippen molar-refractivity contribution < 1.29 is 9.53 Å². The smallest absolute Gasteiger partial charge is 0.341 e. The molecule has 8 heteroatoms. The molecule has 2 atom stereocenters. The number of hydrogen-bond acceptors (Lipinski definition) is 5. The van der Waals surface area contributed by atoms with E-state index in [4.69, 9.17) is 4.74 Å². The molecule has 0 unspecified atom stereocenters. The highest BCUT2D eigenvalue weighted by atomic mass is 16.5. The molecule has 0 bridgehead atoms. The lowest BCUT2D eigenvalue weighted by Crippen LogP contribution is -2.45. The fraction of sp³-hybridized carbons (Fsp3) is 0.400. The third-order valence-corrected chi connectivity index (χ3v) is 3.63. The van der Waals surface area contributed by atoms with Gasteiger partial charge in [-0.05, 0) is 26.0 Å². The van der Waals surface area contributed by atoms with Crippen molar-refractivity contribution in [2.75, 3.05) is 23.3 Å². The van der Waals surface area contributed by atoms with E-state index >= 15 is 0 Å². The second kappa shape index (κ2) is 6.25. The van der Waals surface area contributed by atoms with Crippen LogP contribution in [0.5, 0.6) is 0 Å². The molecule has 3 rings (SSSR count). The van der Waals surface area contributed by atoms with Gasteiger partial charge in [0.05, 0.1) is 23.6 Å². The standard InChI is InChI=1S/C15H19N5O3/c1-9-7-20(8-10(2)23-9)12-6-4-3-5-11(12)16-14(21)13-17-15(22)19-18-13/h3-6,9-10H,7-8H2,1-2H3,(H,16,21)(H2,17,18,19,22)/t9-,10-/m0/s1. The molecule has 1 saturated heterocycles. The molecule has 8 nitrogen and oxygen atoms in total. The molecule has 1 aromatic carbocycles. The van der Waals surface area contributed by atoms with Crippen LogP contribution >= 0.6 is 0 Å². The van der Waals surface area contributed by atoms with E-state index in [0.29, 0.717) is 5.69 Å². The number of para-hydroxylation sites is 2. The molecular formula is C15H19N5O3. The van der Waals surface area contributed by atoms with Crippen LogP contribution in [0.15, 0.2) is 29.1 Å². The second-order valence-electron chi connectivity index (χ2n) is 5.66. The number of aromatic nitrogens is 3. The molecule has 0 saturated carbocycles. The molecule has 0 aliphatic carbocycles. The van der Waals surface area contributed by atoms with Gasteiger partial charge in [0.15, 0.2) is 0 Å². The van der Waals surface area contributed by atoms with Crippen molar-refractivity contribution in [3.63, 3.8) is 0 Å². The van der Waals surface area contributed by atoms with Crippen LogP contribution in [0.2, 0.25) is 0 Å². The summed E-state index contributed by atoms with van der Waals surface area (Å²) in [6.45, 7) is 5.55. The van der Waals surface area contributed by atoms with Crippen molar-refractivity contribution in [1.82, 2.24) is 15.2 Å². The fourth-order valence-corrected chi connectivity index (χ4v) is 2.79. The lowest BCUT2D eigenvalue weighted by molar-refractivity contribution is -0.00517. The quantitative estimate of drug-likeness (QED) is 0.782. The Hall–Kier alpha value is -2.61. The van der Waals surface area contributed by atoms with E-state index in [2.05, 4.69) is 25.4 Å².